The average Bonchev–Trinajstić information content (AvgIpc) is 3.51. The number of carbonyl (C=O) groups excluding carboxylic acids is 8. The summed E-state index contributed by atoms with van der Waals surface area (Å²) in [5.41, 5.74) is 0.179. The van der Waals surface area contributed by atoms with Crippen LogP contribution in [-0.4, -0.2) is 46.3 Å². The summed E-state index contributed by atoms with van der Waals surface area (Å²) >= 11 is 24.1. The molecule has 0 saturated heterocycles. The summed E-state index contributed by atoms with van der Waals surface area (Å²) in [6.45, 7) is 0. The zero-order valence-corrected chi connectivity index (χ0v) is 29.1. The predicted octanol–water partition coefficient (Wildman–Crippen LogP) is 8.55. The maximum atomic E-state index is 13.2. The maximum Gasteiger partial charge on any atom is 0.182 e. The normalized spacial score (nSPS) is 16.2. The molecular formula is C38H22Cl4O9. The third-order valence-electron chi connectivity index (χ3n) is 8.67. The molecular weight excluding hydrogens is 742 g/mol. The Kier molecular flexibility index (Phi) is 10.2. The van der Waals surface area contributed by atoms with E-state index in [1.165, 1.54) is 72.8 Å². The van der Waals surface area contributed by atoms with E-state index in [-0.39, 0.29) is 90.7 Å². The fourth-order valence-electron chi connectivity index (χ4n) is 6.06. The number of hydrogen-bond donors (Lipinski definition) is 0. The second-order valence-electron chi connectivity index (χ2n) is 11.8. The Bertz CT molecular complexity index is 2100. The van der Waals surface area contributed by atoms with Gasteiger partial charge in [-0.2, -0.15) is 0 Å². The lowest BCUT2D eigenvalue weighted by molar-refractivity contribution is -0.121. The van der Waals surface area contributed by atoms with E-state index in [0.29, 0.717) is 0 Å². The molecule has 256 valence electrons. The van der Waals surface area contributed by atoms with Crippen LogP contribution in [0.25, 0.3) is 0 Å². The molecule has 0 aliphatic heterocycles. The van der Waals surface area contributed by atoms with E-state index in [2.05, 4.69) is 0 Å². The first-order valence-electron chi connectivity index (χ1n) is 15.4. The highest BCUT2D eigenvalue weighted by Crippen LogP contribution is 2.36. The van der Waals surface area contributed by atoms with Crippen LogP contribution in [0.15, 0.2) is 72.8 Å². The number of ketones is 8. The van der Waals surface area contributed by atoms with E-state index >= 15 is 0 Å². The summed E-state index contributed by atoms with van der Waals surface area (Å²) in [7, 11) is 0. The zero-order valence-electron chi connectivity index (χ0n) is 26.1. The number of ether oxygens (including phenoxy) is 1. The van der Waals surface area contributed by atoms with Gasteiger partial charge in [0.15, 0.2) is 46.3 Å². The van der Waals surface area contributed by atoms with Crippen LogP contribution in [0.5, 0.6) is 11.5 Å². The highest BCUT2D eigenvalue weighted by molar-refractivity contribution is 6.44. The summed E-state index contributed by atoms with van der Waals surface area (Å²) in [4.78, 5) is 104. The first kappa shape index (κ1) is 36.0. The molecule has 0 N–H and O–H groups in total. The van der Waals surface area contributed by atoms with Crippen molar-refractivity contribution in [1.29, 1.82) is 0 Å². The minimum atomic E-state index is -1.62. The minimum Gasteiger partial charge on any atom is -0.457 e. The van der Waals surface area contributed by atoms with E-state index in [9.17, 15) is 38.4 Å². The number of benzene rings is 4. The first-order valence-corrected chi connectivity index (χ1v) is 16.9. The average molecular weight is 764 g/mol. The Labute approximate surface area is 309 Å². The molecule has 2 unspecified atom stereocenters. The first-order chi connectivity index (χ1) is 24.3. The molecule has 0 radical (unpaired) electrons. The third-order valence-corrected chi connectivity index (χ3v) is 10.3. The molecule has 0 amide bonds. The van der Waals surface area contributed by atoms with Gasteiger partial charge < -0.3 is 4.74 Å². The third kappa shape index (κ3) is 6.82. The standard InChI is InChI=1S/C38H22Cl4O9/c39-25-5-1-3-21(33(25)41)27(43)11-13-29(45)31-35(47)19-9-7-17(15-23(19)37(31)49)51-18-8-10-20-24(16-18)38(50)32(36(20)48)30(46)14-12-28(44)22-4-2-6-26(40)34(22)42/h1-10,15-16,31-32H,11-14H2. The van der Waals surface area contributed by atoms with Crippen LogP contribution < -0.4 is 4.74 Å². The molecule has 4 aromatic carbocycles. The van der Waals surface area contributed by atoms with Crippen molar-refractivity contribution in [2.75, 3.05) is 0 Å². The molecule has 51 heavy (non-hydrogen) atoms. The molecule has 2 aliphatic carbocycles. The topological polar surface area (TPSA) is 146 Å². The van der Waals surface area contributed by atoms with Crippen LogP contribution in [0.2, 0.25) is 20.1 Å². The van der Waals surface area contributed by atoms with Crippen molar-refractivity contribution in [2.45, 2.75) is 25.7 Å². The van der Waals surface area contributed by atoms with E-state index in [4.69, 9.17) is 51.1 Å². The highest BCUT2D eigenvalue weighted by atomic mass is 35.5. The molecule has 2 atom stereocenters. The zero-order chi connectivity index (χ0) is 36.7. The molecule has 13 heteroatoms. The van der Waals surface area contributed by atoms with Gasteiger partial charge in [0.25, 0.3) is 0 Å². The van der Waals surface area contributed by atoms with E-state index in [0.717, 1.165) is 0 Å². The number of halogens is 4. The van der Waals surface area contributed by atoms with Gasteiger partial charge in [-0.3, -0.25) is 38.4 Å². The van der Waals surface area contributed by atoms with Crippen molar-refractivity contribution < 1.29 is 43.1 Å². The number of fused-ring (bicyclic) bond motifs is 2. The molecule has 9 nitrogen and oxygen atoms in total. The Hall–Kier alpha value is -4.80. The van der Waals surface area contributed by atoms with Crippen LogP contribution in [0, 0.1) is 11.8 Å². The van der Waals surface area contributed by atoms with Gasteiger partial charge in [-0.25, -0.2) is 0 Å². The highest BCUT2D eigenvalue weighted by Gasteiger charge is 2.44. The Morgan fingerprint density at radius 3 is 1.25 bits per heavy atom. The van der Waals surface area contributed by atoms with Crippen molar-refractivity contribution in [2.24, 2.45) is 11.8 Å². The Morgan fingerprint density at radius 1 is 0.490 bits per heavy atom. The van der Waals surface area contributed by atoms with Gasteiger partial charge in [0.1, 0.15) is 23.3 Å². The number of rotatable bonds is 12. The summed E-state index contributed by atoms with van der Waals surface area (Å²) in [5, 5.41) is 0.429. The van der Waals surface area contributed by atoms with E-state index in [1.807, 2.05) is 0 Å². The van der Waals surface area contributed by atoms with Crippen molar-refractivity contribution in [3.63, 3.8) is 0 Å². The smallest absolute Gasteiger partial charge is 0.182 e. The number of hydrogen-bond acceptors (Lipinski definition) is 9. The van der Waals surface area contributed by atoms with Gasteiger partial charge in [-0.15, -0.1) is 0 Å². The molecule has 6 rings (SSSR count). The van der Waals surface area contributed by atoms with Crippen molar-refractivity contribution in [3.8, 4) is 11.5 Å². The van der Waals surface area contributed by atoms with Crippen LogP contribution in [0.3, 0.4) is 0 Å². The lowest BCUT2D eigenvalue weighted by Crippen LogP contribution is -2.26. The lowest BCUT2D eigenvalue weighted by Gasteiger charge is -2.08. The monoisotopic (exact) mass is 762 g/mol. The molecule has 4 aromatic rings. The fraction of sp³-hybridized carbons (Fsp3) is 0.158. The summed E-state index contributed by atoms with van der Waals surface area (Å²) in [6.07, 6.45) is -1.33. The van der Waals surface area contributed by atoms with Gasteiger partial charge in [0.05, 0.1) is 20.1 Å². The van der Waals surface area contributed by atoms with Crippen molar-refractivity contribution in [3.05, 3.63) is 126 Å². The van der Waals surface area contributed by atoms with Gasteiger partial charge in [0.2, 0.25) is 0 Å². The molecule has 0 heterocycles. The molecule has 0 bridgehead atoms. The number of carbonyl (C=O) groups is 8. The predicted molar refractivity (Wildman–Crippen MR) is 187 cm³/mol. The van der Waals surface area contributed by atoms with Crippen molar-refractivity contribution in [1.82, 2.24) is 0 Å². The summed E-state index contributed by atoms with van der Waals surface area (Å²) in [5.74, 6) is -8.32. The van der Waals surface area contributed by atoms with Crippen LogP contribution in [-0.2, 0) is 9.59 Å². The largest absolute Gasteiger partial charge is 0.457 e. The Morgan fingerprint density at radius 2 is 0.863 bits per heavy atom. The molecule has 0 fully saturated rings. The molecule has 2 aliphatic rings. The molecule has 0 saturated carbocycles. The summed E-state index contributed by atoms with van der Waals surface area (Å²) < 4.78 is 5.85. The second-order valence-corrected chi connectivity index (χ2v) is 13.4. The molecule has 0 spiro atoms. The SMILES string of the molecule is O=C(CCC(=O)C1C(=O)c2ccc(Oc3ccc4c(c3)C(=O)C(C(=O)CCC(=O)c3cccc(Cl)c3Cl)C4=O)cc2C1=O)c1cccc(Cl)c1Cl. The summed E-state index contributed by atoms with van der Waals surface area (Å²) in [6, 6.07) is 17.1. The number of Topliss-reactive ketones (excluding diaryl/α,β-unsaturated/α-hetero) is 8. The van der Waals surface area contributed by atoms with E-state index < -0.39 is 58.1 Å². The maximum absolute atomic E-state index is 13.2. The van der Waals surface area contributed by atoms with Crippen LogP contribution in [0.4, 0.5) is 0 Å². The van der Waals surface area contributed by atoms with Gasteiger partial charge >= 0.3 is 0 Å². The van der Waals surface area contributed by atoms with E-state index in [1.54, 1.807) is 0 Å². The van der Waals surface area contributed by atoms with Crippen LogP contribution >= 0.6 is 46.4 Å². The van der Waals surface area contributed by atoms with Crippen LogP contribution in [0.1, 0.15) is 87.8 Å². The van der Waals surface area contributed by atoms with Gasteiger partial charge in [-0.05, 0) is 60.7 Å². The quantitative estimate of drug-likeness (QED) is 0.102. The van der Waals surface area contributed by atoms with Crippen molar-refractivity contribution >= 4 is 92.7 Å². The van der Waals surface area contributed by atoms with Gasteiger partial charge in [-0.1, -0.05) is 58.5 Å². The fourth-order valence-corrected chi connectivity index (χ4v) is 6.87. The minimum absolute atomic E-state index is 0.0158. The van der Waals surface area contributed by atoms with Gasteiger partial charge in [0, 0.05) is 59.1 Å². The Balaban J connectivity index is 1.11. The molecule has 0 aromatic heterocycles. The lowest BCUT2D eigenvalue weighted by atomic mass is 9.93. The second kappa shape index (κ2) is 14.4.